The first kappa shape index (κ1) is 21.4. The Hall–Kier alpha value is -2.35. The van der Waals surface area contributed by atoms with E-state index < -0.39 is 6.04 Å². The lowest BCUT2D eigenvalue weighted by Gasteiger charge is -2.32. The van der Waals surface area contributed by atoms with E-state index >= 15 is 0 Å². The number of aromatic nitrogens is 2. The van der Waals surface area contributed by atoms with Crippen molar-refractivity contribution in [3.8, 4) is 0 Å². The zero-order valence-electron chi connectivity index (χ0n) is 17.2. The van der Waals surface area contributed by atoms with Gasteiger partial charge >= 0.3 is 5.97 Å². The fraction of sp³-hybridized carbons (Fsp3) is 0.524. The Kier molecular flexibility index (Phi) is 7.30. The van der Waals surface area contributed by atoms with Crippen LogP contribution in [0.1, 0.15) is 25.0 Å². The van der Waals surface area contributed by atoms with Gasteiger partial charge in [-0.25, -0.2) is 14.8 Å². The number of nitrogens with one attached hydrogen (secondary N) is 1. The van der Waals surface area contributed by atoms with Crippen LogP contribution in [0.25, 0.3) is 10.9 Å². The van der Waals surface area contributed by atoms with Gasteiger partial charge in [0.1, 0.15) is 6.04 Å². The second-order valence-corrected chi connectivity index (χ2v) is 8.24. The molecule has 0 bridgehead atoms. The van der Waals surface area contributed by atoms with Gasteiger partial charge in [0.25, 0.3) is 0 Å². The number of nitrogens with zero attached hydrogens (tertiary/aromatic N) is 3. The molecule has 1 amide bonds. The Morgan fingerprint density at radius 2 is 2.00 bits per heavy atom. The maximum atomic E-state index is 12.7. The summed E-state index contributed by atoms with van der Waals surface area (Å²) in [5.74, 6) is 0.931. The molecule has 0 spiro atoms. The number of methoxy groups -OCH3 is 1. The quantitative estimate of drug-likeness (QED) is 0.695. The van der Waals surface area contributed by atoms with E-state index in [9.17, 15) is 9.59 Å². The Morgan fingerprint density at radius 3 is 2.69 bits per heavy atom. The summed E-state index contributed by atoms with van der Waals surface area (Å²) in [7, 11) is 1.35. The van der Waals surface area contributed by atoms with E-state index in [1.54, 1.807) is 11.8 Å². The van der Waals surface area contributed by atoms with Gasteiger partial charge in [-0.1, -0.05) is 18.2 Å². The molecule has 8 heteroatoms. The summed E-state index contributed by atoms with van der Waals surface area (Å²) in [6.45, 7) is 3.42. The zero-order chi connectivity index (χ0) is 20.8. The van der Waals surface area contributed by atoms with Gasteiger partial charge in [0, 0.05) is 24.4 Å². The third-order valence-corrected chi connectivity index (χ3v) is 5.99. The molecule has 7 nitrogen and oxygen atoms in total. The summed E-state index contributed by atoms with van der Waals surface area (Å²) in [6.07, 6.45) is 3.96. The highest BCUT2D eigenvalue weighted by Crippen LogP contribution is 2.24. The Labute approximate surface area is 175 Å². The molecule has 1 unspecified atom stereocenters. The van der Waals surface area contributed by atoms with Crippen LogP contribution in [0, 0.1) is 12.8 Å². The molecule has 1 aliphatic heterocycles. The van der Waals surface area contributed by atoms with E-state index in [1.165, 1.54) is 7.11 Å². The number of hydrogen-bond donors (Lipinski definition) is 1. The van der Waals surface area contributed by atoms with Crippen LogP contribution in [0.2, 0.25) is 0 Å². The standard InChI is InChI=1S/C21H28N4O3S/c1-14-16-6-4-5-7-17(16)24-21(22-14)25-11-8-15(9-12-25)19(26)23-18(10-13-29-3)20(27)28-2/h4-7,15,18H,8-13H2,1-3H3,(H,23,26). The molecule has 1 aromatic heterocycles. The number of aryl methyl sites for hydroxylation is 1. The zero-order valence-corrected chi connectivity index (χ0v) is 18.0. The predicted molar refractivity (Wildman–Crippen MR) is 116 cm³/mol. The van der Waals surface area contributed by atoms with Crippen LogP contribution >= 0.6 is 11.8 Å². The van der Waals surface area contributed by atoms with Crippen molar-refractivity contribution < 1.29 is 14.3 Å². The first-order valence-corrected chi connectivity index (χ1v) is 11.3. The molecule has 0 aliphatic carbocycles. The van der Waals surface area contributed by atoms with Crippen molar-refractivity contribution in [1.29, 1.82) is 0 Å². The van der Waals surface area contributed by atoms with E-state index in [2.05, 4.69) is 15.2 Å². The second-order valence-electron chi connectivity index (χ2n) is 7.25. The van der Waals surface area contributed by atoms with Crippen molar-refractivity contribution in [1.82, 2.24) is 15.3 Å². The molecule has 1 atom stereocenters. The van der Waals surface area contributed by atoms with Gasteiger partial charge in [0.2, 0.25) is 11.9 Å². The number of hydrogen-bond acceptors (Lipinski definition) is 7. The van der Waals surface area contributed by atoms with Crippen molar-refractivity contribution in [3.05, 3.63) is 30.0 Å². The number of fused-ring (bicyclic) bond motifs is 1. The smallest absolute Gasteiger partial charge is 0.328 e. The van der Waals surface area contributed by atoms with Crippen molar-refractivity contribution in [2.75, 3.05) is 37.1 Å². The summed E-state index contributed by atoms with van der Waals surface area (Å²) >= 11 is 1.64. The number of anilines is 1. The molecule has 1 fully saturated rings. The molecule has 156 valence electrons. The molecule has 1 N–H and O–H groups in total. The van der Waals surface area contributed by atoms with Gasteiger partial charge in [0.15, 0.2) is 0 Å². The first-order valence-electron chi connectivity index (χ1n) is 9.89. The summed E-state index contributed by atoms with van der Waals surface area (Å²) in [6, 6.07) is 7.41. The van der Waals surface area contributed by atoms with Crippen LogP contribution in [0.3, 0.4) is 0 Å². The average Bonchev–Trinajstić information content (AvgIpc) is 2.76. The minimum Gasteiger partial charge on any atom is -0.467 e. The van der Waals surface area contributed by atoms with Gasteiger partial charge < -0.3 is 15.0 Å². The maximum absolute atomic E-state index is 12.7. The van der Waals surface area contributed by atoms with Crippen LogP contribution in [0.4, 0.5) is 5.95 Å². The summed E-state index contributed by atoms with van der Waals surface area (Å²) in [4.78, 5) is 36.1. The van der Waals surface area contributed by atoms with Crippen molar-refractivity contribution in [2.24, 2.45) is 5.92 Å². The number of para-hydroxylation sites is 1. The fourth-order valence-electron chi connectivity index (χ4n) is 3.62. The monoisotopic (exact) mass is 416 g/mol. The topological polar surface area (TPSA) is 84.4 Å². The Balaban J connectivity index is 1.61. The predicted octanol–water partition coefficient (Wildman–Crippen LogP) is 2.57. The lowest BCUT2D eigenvalue weighted by atomic mass is 9.95. The first-order chi connectivity index (χ1) is 14.0. The summed E-state index contributed by atoms with van der Waals surface area (Å²) < 4.78 is 4.83. The number of benzene rings is 1. The Morgan fingerprint density at radius 1 is 1.28 bits per heavy atom. The van der Waals surface area contributed by atoms with Crippen LogP contribution in [0.5, 0.6) is 0 Å². The molecule has 2 aromatic rings. The highest BCUT2D eigenvalue weighted by Gasteiger charge is 2.29. The van der Waals surface area contributed by atoms with Crippen LogP contribution in [-0.4, -0.2) is 60.1 Å². The minimum atomic E-state index is -0.579. The van der Waals surface area contributed by atoms with Crippen molar-refractivity contribution in [2.45, 2.75) is 32.2 Å². The van der Waals surface area contributed by atoms with E-state index in [-0.39, 0.29) is 17.8 Å². The number of amides is 1. The fourth-order valence-corrected chi connectivity index (χ4v) is 4.09. The molecule has 29 heavy (non-hydrogen) atoms. The van der Waals surface area contributed by atoms with Crippen LogP contribution in [0.15, 0.2) is 24.3 Å². The van der Waals surface area contributed by atoms with E-state index in [0.717, 1.165) is 22.3 Å². The number of rotatable bonds is 7. The summed E-state index contributed by atoms with van der Waals surface area (Å²) in [5, 5.41) is 3.94. The largest absolute Gasteiger partial charge is 0.467 e. The molecular formula is C21H28N4O3S. The lowest BCUT2D eigenvalue weighted by molar-refractivity contribution is -0.145. The molecule has 3 rings (SSSR count). The van der Waals surface area contributed by atoms with Crippen LogP contribution in [-0.2, 0) is 14.3 Å². The van der Waals surface area contributed by atoms with Gasteiger partial charge in [-0.15, -0.1) is 0 Å². The molecule has 1 aromatic carbocycles. The van der Waals surface area contributed by atoms with E-state index in [1.807, 2.05) is 37.4 Å². The van der Waals surface area contributed by atoms with Gasteiger partial charge in [-0.3, -0.25) is 4.79 Å². The lowest BCUT2D eigenvalue weighted by Crippen LogP contribution is -2.47. The number of esters is 1. The highest BCUT2D eigenvalue weighted by atomic mass is 32.2. The number of carbonyl (C=O) groups excluding carboxylic acids is 2. The van der Waals surface area contributed by atoms with Crippen LogP contribution < -0.4 is 10.2 Å². The third kappa shape index (κ3) is 5.18. The number of ether oxygens (including phenoxy) is 1. The number of piperidine rings is 1. The van der Waals surface area contributed by atoms with E-state index in [4.69, 9.17) is 9.72 Å². The van der Waals surface area contributed by atoms with E-state index in [0.29, 0.717) is 38.3 Å². The summed E-state index contributed by atoms with van der Waals surface area (Å²) in [5.41, 5.74) is 1.89. The maximum Gasteiger partial charge on any atom is 0.328 e. The molecule has 2 heterocycles. The SMILES string of the molecule is COC(=O)C(CCSC)NC(=O)C1CCN(c2nc(C)c3ccccc3n2)CC1. The van der Waals surface area contributed by atoms with Gasteiger partial charge in [0.05, 0.1) is 18.3 Å². The van der Waals surface area contributed by atoms with Gasteiger partial charge in [-0.05, 0) is 44.3 Å². The Bertz CT molecular complexity index is 868. The van der Waals surface area contributed by atoms with Gasteiger partial charge in [-0.2, -0.15) is 11.8 Å². The molecule has 1 saturated heterocycles. The number of carbonyl (C=O) groups is 2. The van der Waals surface area contributed by atoms with Crippen molar-refractivity contribution >= 4 is 40.5 Å². The second kappa shape index (κ2) is 9.91. The minimum absolute atomic E-state index is 0.0724. The third-order valence-electron chi connectivity index (χ3n) is 5.34. The average molecular weight is 417 g/mol. The molecular weight excluding hydrogens is 388 g/mol. The molecule has 0 saturated carbocycles. The highest BCUT2D eigenvalue weighted by molar-refractivity contribution is 7.98. The normalized spacial score (nSPS) is 15.9. The number of thioether (sulfide) groups is 1. The molecule has 1 aliphatic rings. The molecule has 0 radical (unpaired) electrons. The van der Waals surface area contributed by atoms with Crippen molar-refractivity contribution in [3.63, 3.8) is 0 Å².